The van der Waals surface area contributed by atoms with Gasteiger partial charge in [0.1, 0.15) is 0 Å². The van der Waals surface area contributed by atoms with Crippen LogP contribution in [-0.4, -0.2) is 46.7 Å². The van der Waals surface area contributed by atoms with Gasteiger partial charge in [-0.3, -0.25) is 4.79 Å². The van der Waals surface area contributed by atoms with E-state index >= 15 is 0 Å². The van der Waals surface area contributed by atoms with E-state index in [1.807, 2.05) is 6.92 Å². The van der Waals surface area contributed by atoms with Gasteiger partial charge in [0.25, 0.3) is 0 Å². The number of fused-ring (bicyclic) bond motifs is 5. The molecule has 148 valence electrons. The van der Waals surface area contributed by atoms with E-state index in [0.29, 0.717) is 11.8 Å². The maximum Gasteiger partial charge on any atom is 0.309 e. The molecule has 0 saturated heterocycles. The lowest BCUT2D eigenvalue weighted by Gasteiger charge is -2.63. The SMILES string of the molecule is COC(=O)C1CCC2C3CCC4CC(O)CCC4(C)C3C(O)C(O)C12C. The number of aliphatic hydroxyl groups excluding tert-OH is 3. The van der Waals surface area contributed by atoms with Crippen molar-refractivity contribution in [3.05, 3.63) is 0 Å². The fourth-order valence-corrected chi connectivity index (χ4v) is 7.85. The second-order valence-electron chi connectivity index (χ2n) is 9.96. The monoisotopic (exact) mass is 366 g/mol. The summed E-state index contributed by atoms with van der Waals surface area (Å²) in [4.78, 5) is 12.4. The van der Waals surface area contributed by atoms with Gasteiger partial charge in [0, 0.05) is 5.41 Å². The summed E-state index contributed by atoms with van der Waals surface area (Å²) in [5.74, 6) is 0.473. The molecule has 0 aliphatic heterocycles. The lowest BCUT2D eigenvalue weighted by Crippen LogP contribution is -2.65. The van der Waals surface area contributed by atoms with E-state index in [2.05, 4.69) is 6.92 Å². The molecule has 0 aromatic rings. The molecule has 10 unspecified atom stereocenters. The third-order valence-corrected chi connectivity index (χ3v) is 9.22. The zero-order valence-corrected chi connectivity index (χ0v) is 16.2. The van der Waals surface area contributed by atoms with Crippen molar-refractivity contribution in [1.82, 2.24) is 0 Å². The van der Waals surface area contributed by atoms with Crippen LogP contribution in [0.1, 0.15) is 58.8 Å². The normalized spacial score (nSPS) is 56.2. The Bertz CT molecular complexity index is 579. The van der Waals surface area contributed by atoms with Gasteiger partial charge in [-0.05, 0) is 74.0 Å². The molecular weight excluding hydrogens is 332 g/mol. The summed E-state index contributed by atoms with van der Waals surface area (Å²) in [7, 11) is 1.41. The summed E-state index contributed by atoms with van der Waals surface area (Å²) < 4.78 is 5.03. The fourth-order valence-electron chi connectivity index (χ4n) is 7.85. The van der Waals surface area contributed by atoms with Gasteiger partial charge in [0.05, 0.1) is 31.3 Å². The molecule has 4 aliphatic carbocycles. The summed E-state index contributed by atoms with van der Waals surface area (Å²) in [5, 5.41) is 32.6. The highest BCUT2D eigenvalue weighted by Crippen LogP contribution is 2.67. The minimum atomic E-state index is -0.900. The van der Waals surface area contributed by atoms with E-state index < -0.39 is 17.6 Å². The van der Waals surface area contributed by atoms with Crippen molar-refractivity contribution in [2.75, 3.05) is 7.11 Å². The summed E-state index contributed by atoms with van der Waals surface area (Å²) >= 11 is 0. The molecule has 0 amide bonds. The van der Waals surface area contributed by atoms with Crippen molar-refractivity contribution in [2.24, 2.45) is 40.4 Å². The van der Waals surface area contributed by atoms with Crippen LogP contribution in [0.5, 0.6) is 0 Å². The molecule has 4 rings (SSSR count). The van der Waals surface area contributed by atoms with E-state index in [0.717, 1.165) is 44.9 Å². The molecule has 4 fully saturated rings. The average molecular weight is 366 g/mol. The van der Waals surface area contributed by atoms with Crippen LogP contribution in [0.3, 0.4) is 0 Å². The molecule has 0 bridgehead atoms. The van der Waals surface area contributed by atoms with Gasteiger partial charge in [0.2, 0.25) is 0 Å². The van der Waals surface area contributed by atoms with Gasteiger partial charge in [0.15, 0.2) is 0 Å². The van der Waals surface area contributed by atoms with Crippen LogP contribution in [-0.2, 0) is 9.53 Å². The van der Waals surface area contributed by atoms with Crippen molar-refractivity contribution in [3.8, 4) is 0 Å². The molecule has 0 aromatic heterocycles. The van der Waals surface area contributed by atoms with Crippen LogP contribution < -0.4 is 0 Å². The highest BCUT2D eigenvalue weighted by molar-refractivity contribution is 5.74. The molecule has 3 N–H and O–H groups in total. The Morgan fingerprint density at radius 2 is 1.77 bits per heavy atom. The first-order chi connectivity index (χ1) is 12.2. The summed E-state index contributed by atoms with van der Waals surface area (Å²) in [6.07, 6.45) is 4.33. The first kappa shape index (κ1) is 18.7. The Kier molecular flexibility index (Phi) is 4.44. The van der Waals surface area contributed by atoms with E-state index in [1.54, 1.807) is 0 Å². The van der Waals surface area contributed by atoms with Crippen molar-refractivity contribution in [2.45, 2.75) is 77.1 Å². The predicted molar refractivity (Wildman–Crippen MR) is 96.0 cm³/mol. The number of ether oxygens (including phenoxy) is 1. The average Bonchev–Trinajstić information content (AvgIpc) is 2.97. The minimum Gasteiger partial charge on any atom is -0.469 e. The van der Waals surface area contributed by atoms with E-state index in [1.165, 1.54) is 7.11 Å². The van der Waals surface area contributed by atoms with Gasteiger partial charge >= 0.3 is 5.97 Å². The number of aliphatic hydroxyl groups is 3. The molecule has 0 heterocycles. The number of esters is 1. The largest absolute Gasteiger partial charge is 0.469 e. The van der Waals surface area contributed by atoms with Crippen molar-refractivity contribution in [3.63, 3.8) is 0 Å². The first-order valence-electron chi connectivity index (χ1n) is 10.4. The Morgan fingerprint density at radius 3 is 2.46 bits per heavy atom. The quantitative estimate of drug-likeness (QED) is 0.619. The zero-order valence-electron chi connectivity index (χ0n) is 16.2. The van der Waals surface area contributed by atoms with Crippen molar-refractivity contribution >= 4 is 5.97 Å². The Labute approximate surface area is 156 Å². The van der Waals surface area contributed by atoms with Crippen LogP contribution in [0.4, 0.5) is 0 Å². The van der Waals surface area contributed by atoms with Gasteiger partial charge in [-0.25, -0.2) is 0 Å². The lowest BCUT2D eigenvalue weighted by molar-refractivity contribution is -0.230. The van der Waals surface area contributed by atoms with E-state index in [4.69, 9.17) is 4.74 Å². The smallest absolute Gasteiger partial charge is 0.309 e. The first-order valence-corrected chi connectivity index (χ1v) is 10.4. The molecule has 0 spiro atoms. The highest BCUT2D eigenvalue weighted by atomic mass is 16.5. The van der Waals surface area contributed by atoms with Gasteiger partial charge in [-0.2, -0.15) is 0 Å². The summed E-state index contributed by atoms with van der Waals surface area (Å²) in [5.41, 5.74) is -0.641. The Morgan fingerprint density at radius 1 is 1.04 bits per heavy atom. The highest BCUT2D eigenvalue weighted by Gasteiger charge is 2.67. The number of hydrogen-bond acceptors (Lipinski definition) is 5. The Hall–Kier alpha value is -0.650. The summed E-state index contributed by atoms with van der Waals surface area (Å²) in [6.45, 7) is 4.27. The molecule has 5 nitrogen and oxygen atoms in total. The fraction of sp³-hybridized carbons (Fsp3) is 0.952. The topological polar surface area (TPSA) is 87.0 Å². The van der Waals surface area contributed by atoms with Crippen LogP contribution in [0.2, 0.25) is 0 Å². The van der Waals surface area contributed by atoms with Crippen LogP contribution in [0.15, 0.2) is 0 Å². The van der Waals surface area contributed by atoms with Crippen LogP contribution in [0, 0.1) is 40.4 Å². The molecule has 26 heavy (non-hydrogen) atoms. The zero-order chi connectivity index (χ0) is 18.9. The van der Waals surface area contributed by atoms with Crippen molar-refractivity contribution in [1.29, 1.82) is 0 Å². The number of carbonyl (C=O) groups is 1. The number of rotatable bonds is 1. The third kappa shape index (κ3) is 2.29. The molecule has 0 aromatic carbocycles. The van der Waals surface area contributed by atoms with E-state index in [-0.39, 0.29) is 35.2 Å². The van der Waals surface area contributed by atoms with Crippen LogP contribution >= 0.6 is 0 Å². The molecule has 5 heteroatoms. The van der Waals surface area contributed by atoms with Crippen molar-refractivity contribution < 1.29 is 24.9 Å². The Balaban J connectivity index is 1.70. The number of hydrogen-bond donors (Lipinski definition) is 3. The maximum atomic E-state index is 12.4. The van der Waals surface area contributed by atoms with Gasteiger partial charge < -0.3 is 20.1 Å². The molecular formula is C21H34O5. The van der Waals surface area contributed by atoms with E-state index in [9.17, 15) is 20.1 Å². The number of methoxy groups -OCH3 is 1. The second kappa shape index (κ2) is 6.18. The molecule has 0 radical (unpaired) electrons. The van der Waals surface area contributed by atoms with Crippen LogP contribution in [0.25, 0.3) is 0 Å². The lowest BCUT2D eigenvalue weighted by atomic mass is 9.43. The predicted octanol–water partition coefficient (Wildman–Crippen LogP) is 2.12. The molecule has 10 atom stereocenters. The third-order valence-electron chi connectivity index (χ3n) is 9.22. The number of carbonyl (C=O) groups excluding carboxylic acids is 1. The molecule has 4 saturated carbocycles. The maximum absolute atomic E-state index is 12.4. The molecule has 4 aliphatic rings. The second-order valence-corrected chi connectivity index (χ2v) is 9.96. The van der Waals surface area contributed by atoms with Gasteiger partial charge in [-0.1, -0.05) is 13.8 Å². The summed E-state index contributed by atoms with van der Waals surface area (Å²) in [6, 6.07) is 0. The minimum absolute atomic E-state index is 0.0345. The van der Waals surface area contributed by atoms with Gasteiger partial charge in [-0.15, -0.1) is 0 Å². The standard InChI is InChI=1S/C21H34O5/c1-20-9-8-12(22)10-11(20)4-5-13-14-6-7-15(19(25)26-3)21(14,2)18(24)17(23)16(13)20/h11-18,22-24H,4-10H2,1-3H3.